The van der Waals surface area contributed by atoms with E-state index in [1.807, 2.05) is 0 Å². The molecule has 9 heteroatoms. The van der Waals surface area contributed by atoms with Gasteiger partial charge in [-0.05, 0) is 24.3 Å². The van der Waals surface area contributed by atoms with E-state index in [0.29, 0.717) is 24.3 Å². The summed E-state index contributed by atoms with van der Waals surface area (Å²) in [5.74, 6) is -1.35. The minimum absolute atomic E-state index is 0.512. The summed E-state index contributed by atoms with van der Waals surface area (Å²) in [7, 11) is -4.19. The number of hydrogen-bond acceptors (Lipinski definition) is 4. The number of hydrogen-bond donors (Lipinski definition) is 0. The molecule has 0 saturated heterocycles. The van der Waals surface area contributed by atoms with Crippen molar-refractivity contribution in [2.45, 2.75) is 11.1 Å². The zero-order chi connectivity index (χ0) is 13.3. The summed E-state index contributed by atoms with van der Waals surface area (Å²) in [6.07, 6.45) is -4.58. The van der Waals surface area contributed by atoms with Gasteiger partial charge in [0.15, 0.2) is 0 Å². The van der Waals surface area contributed by atoms with Crippen LogP contribution in [0.4, 0.5) is 13.2 Å². The van der Waals surface area contributed by atoms with Gasteiger partial charge in [-0.1, -0.05) is 0 Å². The standard InChI is InChI=1S/C8H6F3NO4S/c9-8(10,11)6-1-3-7(4-2-6)17(15,16)5-12(13)14/h1-4H,5H2. The Balaban J connectivity index is 3.08. The second kappa shape index (κ2) is 4.32. The van der Waals surface area contributed by atoms with Gasteiger partial charge in [0.1, 0.15) is 0 Å². The number of benzene rings is 1. The Labute approximate surface area is 93.9 Å². The Morgan fingerprint density at radius 3 is 2.00 bits per heavy atom. The first kappa shape index (κ1) is 13.4. The molecule has 1 aromatic rings. The van der Waals surface area contributed by atoms with Crippen LogP contribution in [0.5, 0.6) is 0 Å². The molecule has 17 heavy (non-hydrogen) atoms. The third kappa shape index (κ3) is 3.41. The van der Waals surface area contributed by atoms with E-state index in [1.54, 1.807) is 0 Å². The van der Waals surface area contributed by atoms with Gasteiger partial charge in [-0.15, -0.1) is 0 Å². The highest BCUT2D eigenvalue weighted by Crippen LogP contribution is 2.29. The number of sulfone groups is 1. The number of alkyl halides is 3. The molecule has 1 rings (SSSR count). The maximum absolute atomic E-state index is 12.2. The molecule has 0 aliphatic carbocycles. The molecule has 0 spiro atoms. The summed E-state index contributed by atoms with van der Waals surface area (Å²) in [4.78, 5) is 8.49. The first-order chi connectivity index (χ1) is 7.63. The fourth-order valence-corrected chi connectivity index (χ4v) is 2.04. The van der Waals surface area contributed by atoms with Crippen molar-refractivity contribution in [1.29, 1.82) is 0 Å². The molecule has 0 radical (unpaired) electrons. The van der Waals surface area contributed by atoms with Crippen LogP contribution in [0.1, 0.15) is 5.56 Å². The number of rotatable bonds is 3. The van der Waals surface area contributed by atoms with Crippen molar-refractivity contribution >= 4 is 9.84 Å². The van der Waals surface area contributed by atoms with Gasteiger partial charge in [-0.3, -0.25) is 10.1 Å². The van der Waals surface area contributed by atoms with E-state index in [2.05, 4.69) is 0 Å². The van der Waals surface area contributed by atoms with Crippen molar-refractivity contribution in [2.24, 2.45) is 0 Å². The summed E-state index contributed by atoms with van der Waals surface area (Å²) < 4.78 is 59.1. The smallest absolute Gasteiger partial charge is 0.263 e. The van der Waals surface area contributed by atoms with Crippen molar-refractivity contribution in [3.8, 4) is 0 Å². The predicted octanol–water partition coefficient (Wildman–Crippen LogP) is 1.71. The number of nitrogens with zero attached hydrogens (tertiary/aromatic N) is 1. The zero-order valence-electron chi connectivity index (χ0n) is 8.14. The molecule has 5 nitrogen and oxygen atoms in total. The first-order valence-corrected chi connectivity index (χ1v) is 5.80. The van der Waals surface area contributed by atoms with Crippen molar-refractivity contribution in [2.75, 3.05) is 5.88 Å². The minimum atomic E-state index is -4.58. The SMILES string of the molecule is O=[N+]([O-])CS(=O)(=O)c1ccc(C(F)(F)F)cc1. The Hall–Kier alpha value is -1.64. The van der Waals surface area contributed by atoms with Crippen LogP contribution in [-0.2, 0) is 16.0 Å². The lowest BCUT2D eigenvalue weighted by molar-refractivity contribution is -0.458. The normalized spacial score (nSPS) is 12.4. The Morgan fingerprint density at radius 2 is 1.65 bits per heavy atom. The molecular weight excluding hydrogens is 263 g/mol. The molecule has 0 saturated carbocycles. The van der Waals surface area contributed by atoms with Gasteiger partial charge in [0, 0.05) is 4.92 Å². The maximum Gasteiger partial charge on any atom is 0.416 e. The molecule has 0 aromatic heterocycles. The van der Waals surface area contributed by atoms with Gasteiger partial charge in [-0.2, -0.15) is 13.2 Å². The topological polar surface area (TPSA) is 77.3 Å². The van der Waals surface area contributed by atoms with Crippen molar-refractivity contribution in [1.82, 2.24) is 0 Å². The van der Waals surface area contributed by atoms with E-state index in [9.17, 15) is 31.7 Å². The van der Waals surface area contributed by atoms with E-state index in [-0.39, 0.29) is 0 Å². The molecule has 94 valence electrons. The quantitative estimate of drug-likeness (QED) is 0.618. The maximum atomic E-state index is 12.2. The molecule has 1 aromatic carbocycles. The van der Waals surface area contributed by atoms with Gasteiger partial charge in [0.25, 0.3) is 0 Å². The molecule has 0 atom stereocenters. The lowest BCUT2D eigenvalue weighted by Gasteiger charge is -2.06. The fourth-order valence-electron chi connectivity index (χ4n) is 1.06. The van der Waals surface area contributed by atoms with Crippen LogP contribution in [0.2, 0.25) is 0 Å². The van der Waals surface area contributed by atoms with Crippen LogP contribution in [0.15, 0.2) is 29.2 Å². The third-order valence-electron chi connectivity index (χ3n) is 1.82. The molecule has 0 unspecified atom stereocenters. The van der Waals surface area contributed by atoms with Gasteiger partial charge in [-0.25, -0.2) is 8.42 Å². The summed E-state index contributed by atoms with van der Waals surface area (Å²) >= 11 is 0. The van der Waals surface area contributed by atoms with Gasteiger partial charge in [0.05, 0.1) is 10.5 Å². The molecule has 0 amide bonds. The van der Waals surface area contributed by atoms with E-state index in [4.69, 9.17) is 0 Å². The van der Waals surface area contributed by atoms with Gasteiger partial charge in [0.2, 0.25) is 9.84 Å². The average Bonchev–Trinajstić information content (AvgIpc) is 2.14. The summed E-state index contributed by atoms with van der Waals surface area (Å²) in [5.41, 5.74) is -1.02. The Bertz CT molecular complexity index is 521. The molecule has 0 heterocycles. The Morgan fingerprint density at radius 1 is 1.18 bits per heavy atom. The van der Waals surface area contributed by atoms with Crippen LogP contribution >= 0.6 is 0 Å². The monoisotopic (exact) mass is 269 g/mol. The van der Waals surface area contributed by atoms with Crippen LogP contribution < -0.4 is 0 Å². The minimum Gasteiger partial charge on any atom is -0.263 e. The number of nitro groups is 1. The molecular formula is C8H6F3NO4S. The Kier molecular flexibility index (Phi) is 3.41. The summed E-state index contributed by atoms with van der Waals surface area (Å²) in [5, 5.41) is 10.1. The average molecular weight is 269 g/mol. The third-order valence-corrected chi connectivity index (χ3v) is 3.36. The van der Waals surface area contributed by atoms with Crippen molar-refractivity contribution in [3.63, 3.8) is 0 Å². The van der Waals surface area contributed by atoms with Gasteiger partial charge < -0.3 is 0 Å². The van der Waals surface area contributed by atoms with E-state index in [1.165, 1.54) is 0 Å². The van der Waals surface area contributed by atoms with Crippen LogP contribution in [-0.4, -0.2) is 19.2 Å². The van der Waals surface area contributed by atoms with E-state index >= 15 is 0 Å². The highest BCUT2D eigenvalue weighted by Gasteiger charge is 2.31. The highest BCUT2D eigenvalue weighted by atomic mass is 32.2. The molecule has 0 N–H and O–H groups in total. The zero-order valence-corrected chi connectivity index (χ0v) is 8.96. The van der Waals surface area contributed by atoms with Crippen molar-refractivity contribution in [3.05, 3.63) is 39.9 Å². The number of halogens is 3. The second-order valence-electron chi connectivity index (χ2n) is 3.10. The van der Waals surface area contributed by atoms with Crippen LogP contribution in [0.3, 0.4) is 0 Å². The van der Waals surface area contributed by atoms with Gasteiger partial charge >= 0.3 is 12.1 Å². The molecule has 0 fully saturated rings. The second-order valence-corrected chi connectivity index (χ2v) is 5.06. The highest BCUT2D eigenvalue weighted by molar-refractivity contribution is 7.91. The summed E-state index contributed by atoms with van der Waals surface area (Å²) in [6.45, 7) is 0. The lowest BCUT2D eigenvalue weighted by atomic mass is 10.2. The van der Waals surface area contributed by atoms with E-state index < -0.39 is 37.3 Å². The first-order valence-electron chi connectivity index (χ1n) is 4.15. The largest absolute Gasteiger partial charge is 0.416 e. The van der Waals surface area contributed by atoms with Crippen LogP contribution in [0.25, 0.3) is 0 Å². The summed E-state index contributed by atoms with van der Waals surface area (Å²) in [6, 6.07) is 2.52. The van der Waals surface area contributed by atoms with Crippen LogP contribution in [0, 0.1) is 10.1 Å². The van der Waals surface area contributed by atoms with Crippen molar-refractivity contribution < 1.29 is 26.5 Å². The molecule has 0 aliphatic rings. The molecule has 0 bridgehead atoms. The fraction of sp³-hybridized carbons (Fsp3) is 0.250. The lowest BCUT2D eigenvalue weighted by Crippen LogP contribution is -2.15. The molecule has 0 aliphatic heterocycles. The predicted molar refractivity (Wildman–Crippen MR) is 50.5 cm³/mol. The van der Waals surface area contributed by atoms with E-state index in [0.717, 1.165) is 0 Å².